The fraction of sp³-hybridized carbons (Fsp3) is 0.514. The molecule has 0 saturated heterocycles. The van der Waals surface area contributed by atoms with Crippen LogP contribution in [0.2, 0.25) is 0 Å². The van der Waals surface area contributed by atoms with Crippen LogP contribution in [-0.4, -0.2) is 30.9 Å². The SMILES string of the molecule is COC(=O)c1ccc(-c2ccc3ccccc3c2OCCCCCC(O)CC23CC4CC(CC(C4)C2)C3)cc1. The summed E-state index contributed by atoms with van der Waals surface area (Å²) in [6.45, 7) is 0.645. The van der Waals surface area contributed by atoms with Crippen molar-refractivity contribution in [3.8, 4) is 16.9 Å². The highest BCUT2D eigenvalue weighted by molar-refractivity contribution is 5.96. The van der Waals surface area contributed by atoms with Crippen molar-refractivity contribution in [3.05, 3.63) is 66.2 Å². The highest BCUT2D eigenvalue weighted by atomic mass is 16.5. The lowest BCUT2D eigenvalue weighted by Crippen LogP contribution is -2.47. The normalized spacial score (nSPS) is 26.1. The molecule has 0 amide bonds. The molecule has 0 aliphatic heterocycles. The molecule has 4 fully saturated rings. The molecule has 4 aliphatic rings. The van der Waals surface area contributed by atoms with Gasteiger partial charge >= 0.3 is 5.97 Å². The molecule has 1 N–H and O–H groups in total. The average molecular weight is 527 g/mol. The summed E-state index contributed by atoms with van der Waals surface area (Å²) in [6.07, 6.45) is 13.4. The Balaban J connectivity index is 1.04. The van der Waals surface area contributed by atoms with Crippen LogP contribution in [0.5, 0.6) is 5.75 Å². The van der Waals surface area contributed by atoms with Gasteiger partial charge in [0.1, 0.15) is 5.75 Å². The predicted octanol–water partition coefficient (Wildman–Crippen LogP) is 8.20. The van der Waals surface area contributed by atoms with Gasteiger partial charge in [0.15, 0.2) is 0 Å². The van der Waals surface area contributed by atoms with Crippen LogP contribution in [0.1, 0.15) is 81.0 Å². The highest BCUT2D eigenvalue weighted by Gasteiger charge is 2.51. The van der Waals surface area contributed by atoms with Crippen molar-refractivity contribution in [2.24, 2.45) is 23.2 Å². The second kappa shape index (κ2) is 11.3. The van der Waals surface area contributed by atoms with Gasteiger partial charge in [-0.15, -0.1) is 0 Å². The Morgan fingerprint density at radius 2 is 1.59 bits per heavy atom. The molecule has 4 nitrogen and oxygen atoms in total. The van der Waals surface area contributed by atoms with Crippen molar-refractivity contribution in [2.75, 3.05) is 13.7 Å². The first-order chi connectivity index (χ1) is 19.0. The van der Waals surface area contributed by atoms with Gasteiger partial charge < -0.3 is 14.6 Å². The number of ether oxygens (including phenoxy) is 2. The summed E-state index contributed by atoms with van der Waals surface area (Å²) in [5, 5.41) is 13.2. The fourth-order valence-corrected chi connectivity index (χ4v) is 8.50. The molecule has 4 saturated carbocycles. The smallest absolute Gasteiger partial charge is 0.337 e. The Bertz CT molecular complexity index is 1260. The van der Waals surface area contributed by atoms with Crippen molar-refractivity contribution in [3.63, 3.8) is 0 Å². The molecule has 206 valence electrons. The molecular formula is C35H42O4. The molecule has 7 rings (SSSR count). The quantitative estimate of drug-likeness (QED) is 0.202. The third-order valence-electron chi connectivity index (χ3n) is 9.76. The van der Waals surface area contributed by atoms with Gasteiger partial charge in [0.25, 0.3) is 0 Å². The van der Waals surface area contributed by atoms with E-state index in [4.69, 9.17) is 9.47 Å². The highest BCUT2D eigenvalue weighted by Crippen LogP contribution is 2.61. The minimum Gasteiger partial charge on any atom is -0.492 e. The van der Waals surface area contributed by atoms with Gasteiger partial charge in [-0.3, -0.25) is 0 Å². The maximum Gasteiger partial charge on any atom is 0.337 e. The summed E-state index contributed by atoms with van der Waals surface area (Å²) < 4.78 is 11.3. The van der Waals surface area contributed by atoms with E-state index in [1.807, 2.05) is 24.3 Å². The number of methoxy groups -OCH3 is 1. The van der Waals surface area contributed by atoms with Crippen molar-refractivity contribution >= 4 is 16.7 Å². The molecule has 3 aromatic rings. The van der Waals surface area contributed by atoms with E-state index in [9.17, 15) is 9.90 Å². The molecule has 39 heavy (non-hydrogen) atoms. The molecule has 3 aromatic carbocycles. The summed E-state index contributed by atoms with van der Waals surface area (Å²) in [4.78, 5) is 11.9. The number of unbranched alkanes of at least 4 members (excludes halogenated alkanes) is 2. The molecule has 4 aliphatic carbocycles. The van der Waals surface area contributed by atoms with Crippen LogP contribution in [0.25, 0.3) is 21.9 Å². The Hall–Kier alpha value is -2.85. The Morgan fingerprint density at radius 1 is 0.897 bits per heavy atom. The van der Waals surface area contributed by atoms with Gasteiger partial charge in [0, 0.05) is 10.9 Å². The molecular weight excluding hydrogens is 484 g/mol. The number of aliphatic hydroxyl groups is 1. The minimum absolute atomic E-state index is 0.153. The van der Waals surface area contributed by atoms with Gasteiger partial charge in [0.05, 0.1) is 25.4 Å². The van der Waals surface area contributed by atoms with E-state index in [2.05, 4.69) is 24.3 Å². The molecule has 4 heteroatoms. The maximum absolute atomic E-state index is 11.9. The number of benzene rings is 3. The molecule has 0 radical (unpaired) electrons. The van der Waals surface area contributed by atoms with E-state index >= 15 is 0 Å². The monoisotopic (exact) mass is 526 g/mol. The first kappa shape index (κ1) is 26.4. The standard InChI is InChI=1S/C35H42O4/c1-38-34(37)29-12-10-28(11-13-29)32-15-14-27-7-4-5-9-31(27)33(32)39-16-6-2-3-8-30(36)23-35-20-24-17-25(21-35)19-26(18-24)22-35/h4-5,7,9-15,24-26,30,36H,2-3,6,8,16-23H2,1H3. The number of rotatable bonds is 11. The first-order valence-corrected chi connectivity index (χ1v) is 15.0. The van der Waals surface area contributed by atoms with Gasteiger partial charge in [0.2, 0.25) is 0 Å². The van der Waals surface area contributed by atoms with Crippen molar-refractivity contribution in [1.82, 2.24) is 0 Å². The number of carbonyl (C=O) groups is 1. The molecule has 0 heterocycles. The average Bonchev–Trinajstić information content (AvgIpc) is 2.93. The Kier molecular flexibility index (Phi) is 7.66. The van der Waals surface area contributed by atoms with Gasteiger partial charge in [-0.05, 0) is 110 Å². The van der Waals surface area contributed by atoms with Crippen LogP contribution >= 0.6 is 0 Å². The van der Waals surface area contributed by atoms with E-state index in [1.165, 1.54) is 45.6 Å². The topological polar surface area (TPSA) is 55.8 Å². The number of hydrogen-bond acceptors (Lipinski definition) is 4. The van der Waals surface area contributed by atoms with Crippen LogP contribution in [0.4, 0.5) is 0 Å². The van der Waals surface area contributed by atoms with Crippen LogP contribution in [0.15, 0.2) is 60.7 Å². The van der Waals surface area contributed by atoms with E-state index in [0.29, 0.717) is 17.6 Å². The number of esters is 1. The lowest BCUT2D eigenvalue weighted by atomic mass is 9.48. The van der Waals surface area contributed by atoms with Crippen LogP contribution < -0.4 is 4.74 Å². The summed E-state index contributed by atoms with van der Waals surface area (Å²) >= 11 is 0. The van der Waals surface area contributed by atoms with Gasteiger partial charge in [-0.25, -0.2) is 4.79 Å². The number of carbonyl (C=O) groups excluding carboxylic acids is 1. The zero-order valence-electron chi connectivity index (χ0n) is 23.2. The molecule has 1 atom stereocenters. The second-order valence-electron chi connectivity index (χ2n) is 12.7. The van der Waals surface area contributed by atoms with Crippen molar-refractivity contribution < 1.29 is 19.4 Å². The van der Waals surface area contributed by atoms with Gasteiger partial charge in [-0.2, -0.15) is 0 Å². The van der Waals surface area contributed by atoms with Crippen LogP contribution in [-0.2, 0) is 4.74 Å². The van der Waals surface area contributed by atoms with E-state index in [0.717, 1.165) is 77.5 Å². The molecule has 0 aromatic heterocycles. The maximum atomic E-state index is 11.9. The van der Waals surface area contributed by atoms with E-state index in [-0.39, 0.29) is 12.1 Å². The van der Waals surface area contributed by atoms with Crippen molar-refractivity contribution in [1.29, 1.82) is 0 Å². The van der Waals surface area contributed by atoms with E-state index in [1.54, 1.807) is 12.1 Å². The number of fused-ring (bicyclic) bond motifs is 1. The molecule has 1 unspecified atom stereocenters. The number of hydrogen-bond donors (Lipinski definition) is 1. The summed E-state index contributed by atoms with van der Waals surface area (Å²) in [5.74, 6) is 3.40. The van der Waals surface area contributed by atoms with Crippen molar-refractivity contribution in [2.45, 2.75) is 76.7 Å². The summed E-state index contributed by atoms with van der Waals surface area (Å²) in [6, 6.07) is 20.0. The zero-order valence-corrected chi connectivity index (χ0v) is 23.2. The largest absolute Gasteiger partial charge is 0.492 e. The minimum atomic E-state index is -0.334. The molecule has 4 bridgehead atoms. The Morgan fingerprint density at radius 3 is 2.28 bits per heavy atom. The lowest BCUT2D eigenvalue weighted by Gasteiger charge is -2.57. The fourth-order valence-electron chi connectivity index (χ4n) is 8.50. The second-order valence-corrected chi connectivity index (χ2v) is 12.7. The first-order valence-electron chi connectivity index (χ1n) is 15.0. The zero-order chi connectivity index (χ0) is 26.8. The predicted molar refractivity (Wildman–Crippen MR) is 156 cm³/mol. The summed E-state index contributed by atoms with van der Waals surface area (Å²) in [7, 11) is 1.40. The number of aliphatic hydroxyl groups excluding tert-OH is 1. The van der Waals surface area contributed by atoms with Crippen LogP contribution in [0, 0.1) is 23.2 Å². The lowest BCUT2D eigenvalue weighted by molar-refractivity contribution is -0.0768. The van der Waals surface area contributed by atoms with Crippen LogP contribution in [0.3, 0.4) is 0 Å². The Labute approximate surface area is 232 Å². The third-order valence-corrected chi connectivity index (χ3v) is 9.76. The molecule has 0 spiro atoms. The third kappa shape index (κ3) is 5.72. The van der Waals surface area contributed by atoms with E-state index < -0.39 is 0 Å². The summed E-state index contributed by atoms with van der Waals surface area (Å²) in [5.41, 5.74) is 3.03. The van der Waals surface area contributed by atoms with Gasteiger partial charge in [-0.1, -0.05) is 55.0 Å².